The molecule has 4 N–H and O–H groups in total. The van der Waals surface area contributed by atoms with Gasteiger partial charge in [0, 0.05) is 17.1 Å². The molecule has 1 heterocycles. The third kappa shape index (κ3) is 2.36. The average molecular weight is 364 g/mol. The molecular weight excluding hydrogens is 350 g/mol. The Morgan fingerprint density at radius 2 is 2.20 bits per heavy atom. The van der Waals surface area contributed by atoms with Crippen molar-refractivity contribution >= 4 is 31.9 Å². The summed E-state index contributed by atoms with van der Waals surface area (Å²) in [5.74, 6) is -0.966. The molecule has 1 saturated heterocycles. The number of hydrogen-bond acceptors (Lipinski definition) is 5. The Bertz CT molecular complexity index is 664. The molecule has 1 aliphatic rings. The van der Waals surface area contributed by atoms with E-state index in [2.05, 4.69) is 21.2 Å². The van der Waals surface area contributed by atoms with Crippen LogP contribution < -0.4 is 5.32 Å². The molecule has 110 valence electrons. The van der Waals surface area contributed by atoms with Crippen LogP contribution in [0.1, 0.15) is 5.56 Å². The van der Waals surface area contributed by atoms with Gasteiger partial charge in [0.25, 0.3) is 0 Å². The number of benzene rings is 1. The van der Waals surface area contributed by atoms with Crippen molar-refractivity contribution in [3.8, 4) is 5.75 Å². The third-order valence-corrected chi connectivity index (χ3v) is 5.63. The molecule has 1 aliphatic heterocycles. The van der Waals surface area contributed by atoms with Gasteiger partial charge in [-0.25, -0.2) is 12.7 Å². The van der Waals surface area contributed by atoms with Crippen molar-refractivity contribution in [3.05, 3.63) is 28.2 Å². The number of aromatic hydroxyl groups is 1. The van der Waals surface area contributed by atoms with Crippen LogP contribution in [0.5, 0.6) is 5.75 Å². The highest BCUT2D eigenvalue weighted by atomic mass is 79.9. The maximum absolute atomic E-state index is 12.1. The monoisotopic (exact) mass is 363 g/mol. The fourth-order valence-corrected chi connectivity index (χ4v) is 3.92. The minimum atomic E-state index is -3.75. The molecule has 7 nitrogen and oxygen atoms in total. The van der Waals surface area contributed by atoms with E-state index in [1.165, 1.54) is 19.2 Å². The number of phenolic OH excluding ortho intramolecular Hbond substituents is 1. The standard InChI is InChI=1S/C11H14BrN3O4S/c1-15-10(13)14-11(5-16,6-20(15,18)19)8-4-7(12)2-3-9(8)17/h2-4,16-17H,5-6H2,1H3,(H2,13,14)/t11-/m0/s1. The number of nitrogens with one attached hydrogen (secondary N) is 2. The van der Waals surface area contributed by atoms with Crippen molar-refractivity contribution < 1.29 is 18.6 Å². The zero-order valence-corrected chi connectivity index (χ0v) is 13.0. The quantitative estimate of drug-likeness (QED) is 0.596. The Balaban J connectivity index is 2.61. The van der Waals surface area contributed by atoms with Gasteiger partial charge in [0.1, 0.15) is 11.3 Å². The van der Waals surface area contributed by atoms with Crippen LogP contribution in [0.25, 0.3) is 0 Å². The van der Waals surface area contributed by atoms with Gasteiger partial charge in [0.2, 0.25) is 16.0 Å². The summed E-state index contributed by atoms with van der Waals surface area (Å²) in [5, 5.41) is 30.0. The van der Waals surface area contributed by atoms with Crippen LogP contribution in [-0.2, 0) is 15.6 Å². The molecule has 20 heavy (non-hydrogen) atoms. The molecular formula is C11H14BrN3O4S. The number of hydrogen-bond donors (Lipinski definition) is 4. The molecule has 1 aromatic carbocycles. The summed E-state index contributed by atoms with van der Waals surface area (Å²) in [6.45, 7) is -0.577. The molecule has 0 aromatic heterocycles. The lowest BCUT2D eigenvalue weighted by atomic mass is 9.91. The molecule has 1 fully saturated rings. The first-order chi connectivity index (χ1) is 9.22. The van der Waals surface area contributed by atoms with Gasteiger partial charge < -0.3 is 15.5 Å². The number of guanidine groups is 1. The number of aliphatic hydroxyl groups is 1. The number of phenols is 1. The Morgan fingerprint density at radius 1 is 1.55 bits per heavy atom. The number of rotatable bonds is 2. The second-order valence-corrected chi connectivity index (χ2v) is 7.51. The van der Waals surface area contributed by atoms with Gasteiger partial charge >= 0.3 is 0 Å². The second kappa shape index (κ2) is 4.90. The predicted molar refractivity (Wildman–Crippen MR) is 77.0 cm³/mol. The molecule has 0 bridgehead atoms. The lowest BCUT2D eigenvalue weighted by Gasteiger charge is -2.41. The summed E-state index contributed by atoms with van der Waals surface area (Å²) in [4.78, 5) is 0. The van der Waals surface area contributed by atoms with Crippen LogP contribution in [-0.4, -0.2) is 48.3 Å². The second-order valence-electron chi connectivity index (χ2n) is 4.60. The summed E-state index contributed by atoms with van der Waals surface area (Å²) in [7, 11) is -2.49. The molecule has 1 aromatic rings. The van der Waals surface area contributed by atoms with Crippen LogP contribution >= 0.6 is 15.9 Å². The molecule has 0 saturated carbocycles. The number of aliphatic hydroxyl groups excluding tert-OH is 1. The van der Waals surface area contributed by atoms with E-state index in [0.717, 1.165) is 4.31 Å². The van der Waals surface area contributed by atoms with Gasteiger partial charge in [-0.3, -0.25) is 5.41 Å². The van der Waals surface area contributed by atoms with E-state index < -0.39 is 27.9 Å². The third-order valence-electron chi connectivity index (χ3n) is 3.26. The lowest BCUT2D eigenvalue weighted by Crippen LogP contribution is -2.63. The predicted octanol–water partition coefficient (Wildman–Crippen LogP) is 0.142. The minimum Gasteiger partial charge on any atom is -0.508 e. The van der Waals surface area contributed by atoms with E-state index in [9.17, 15) is 18.6 Å². The van der Waals surface area contributed by atoms with Gasteiger partial charge in [-0.05, 0) is 18.2 Å². The number of nitrogens with zero attached hydrogens (tertiary/aromatic N) is 1. The fraction of sp³-hybridized carbons (Fsp3) is 0.364. The Hall–Kier alpha value is -1.32. The number of halogens is 1. The van der Waals surface area contributed by atoms with Gasteiger partial charge in [0.05, 0.1) is 12.4 Å². The Morgan fingerprint density at radius 3 is 2.75 bits per heavy atom. The summed E-state index contributed by atoms with van der Waals surface area (Å²) in [6, 6.07) is 4.51. The SMILES string of the molecule is CN1C(=N)N[C@](CO)(c2cc(Br)ccc2O)CS1(=O)=O. The highest BCUT2D eigenvalue weighted by Gasteiger charge is 2.46. The van der Waals surface area contributed by atoms with Gasteiger partial charge in [-0.15, -0.1) is 0 Å². The van der Waals surface area contributed by atoms with Gasteiger partial charge in [0.15, 0.2) is 0 Å². The summed E-state index contributed by atoms with van der Waals surface area (Å²) >= 11 is 3.24. The normalized spacial score (nSPS) is 25.4. The van der Waals surface area contributed by atoms with Crippen LogP contribution in [0, 0.1) is 5.41 Å². The molecule has 0 aliphatic carbocycles. The summed E-state index contributed by atoms with van der Waals surface area (Å²) in [5.41, 5.74) is -1.23. The van der Waals surface area contributed by atoms with Crippen molar-refractivity contribution in [2.75, 3.05) is 19.4 Å². The van der Waals surface area contributed by atoms with E-state index in [4.69, 9.17) is 5.41 Å². The molecule has 1 atom stereocenters. The van der Waals surface area contributed by atoms with E-state index in [1.54, 1.807) is 6.07 Å². The van der Waals surface area contributed by atoms with Gasteiger partial charge in [-0.1, -0.05) is 15.9 Å². The first kappa shape index (κ1) is 15.1. The highest BCUT2D eigenvalue weighted by molar-refractivity contribution is 9.10. The maximum atomic E-state index is 12.1. The summed E-state index contributed by atoms with van der Waals surface area (Å²) in [6.07, 6.45) is 0. The molecule has 9 heteroatoms. The van der Waals surface area contributed by atoms with Crippen molar-refractivity contribution in [1.82, 2.24) is 9.62 Å². The van der Waals surface area contributed by atoms with Crippen LogP contribution in [0.4, 0.5) is 0 Å². The van der Waals surface area contributed by atoms with E-state index in [0.29, 0.717) is 4.47 Å². The topological polar surface area (TPSA) is 114 Å². The van der Waals surface area contributed by atoms with Crippen LogP contribution in [0.2, 0.25) is 0 Å². The van der Waals surface area contributed by atoms with Crippen molar-refractivity contribution in [2.24, 2.45) is 0 Å². The van der Waals surface area contributed by atoms with Crippen molar-refractivity contribution in [1.29, 1.82) is 5.41 Å². The molecule has 2 rings (SSSR count). The zero-order chi connectivity index (χ0) is 15.1. The molecule has 0 spiro atoms. The first-order valence-corrected chi connectivity index (χ1v) is 8.05. The zero-order valence-electron chi connectivity index (χ0n) is 10.6. The van der Waals surface area contributed by atoms with E-state index >= 15 is 0 Å². The molecule has 0 radical (unpaired) electrons. The fourth-order valence-electron chi connectivity index (χ4n) is 2.10. The first-order valence-electron chi connectivity index (χ1n) is 5.65. The molecule has 0 unspecified atom stereocenters. The van der Waals surface area contributed by atoms with Crippen LogP contribution in [0.3, 0.4) is 0 Å². The highest BCUT2D eigenvalue weighted by Crippen LogP contribution is 2.35. The largest absolute Gasteiger partial charge is 0.508 e. The average Bonchev–Trinajstić information content (AvgIpc) is 2.38. The van der Waals surface area contributed by atoms with Crippen molar-refractivity contribution in [3.63, 3.8) is 0 Å². The Labute approximate surface area is 124 Å². The van der Waals surface area contributed by atoms with Crippen molar-refractivity contribution in [2.45, 2.75) is 5.54 Å². The summed E-state index contributed by atoms with van der Waals surface area (Å²) < 4.78 is 25.6. The van der Waals surface area contributed by atoms with Crippen LogP contribution in [0.15, 0.2) is 22.7 Å². The number of sulfonamides is 1. The lowest BCUT2D eigenvalue weighted by molar-refractivity contribution is 0.184. The maximum Gasteiger partial charge on any atom is 0.239 e. The van der Waals surface area contributed by atoms with Gasteiger partial charge in [-0.2, -0.15) is 0 Å². The van der Waals surface area contributed by atoms with E-state index in [-0.39, 0.29) is 17.3 Å². The molecule has 0 amide bonds. The Kier molecular flexibility index (Phi) is 3.69. The minimum absolute atomic E-state index is 0.151. The smallest absolute Gasteiger partial charge is 0.239 e. The van der Waals surface area contributed by atoms with E-state index in [1.807, 2.05) is 0 Å².